The van der Waals surface area contributed by atoms with E-state index in [9.17, 15) is 4.79 Å². The molecule has 0 atom stereocenters. The number of piperazine rings is 1. The number of nitrogens with zero attached hydrogens (tertiary/aromatic N) is 3. The molecule has 2 N–H and O–H groups in total. The number of carbonyl (C=O) groups is 1. The lowest BCUT2D eigenvalue weighted by Crippen LogP contribution is -2.46. The zero-order valence-electron chi connectivity index (χ0n) is 11.5. The molecule has 3 heterocycles. The van der Waals surface area contributed by atoms with Gasteiger partial charge in [-0.2, -0.15) is 5.10 Å². The van der Waals surface area contributed by atoms with Crippen molar-refractivity contribution in [3.63, 3.8) is 0 Å². The van der Waals surface area contributed by atoms with Gasteiger partial charge in [0.15, 0.2) is 5.69 Å². The van der Waals surface area contributed by atoms with Gasteiger partial charge in [-0.1, -0.05) is 18.2 Å². The number of nitrogens with one attached hydrogen (secondary N) is 2. The van der Waals surface area contributed by atoms with Crippen LogP contribution in [-0.2, 0) is 0 Å². The highest BCUT2D eigenvalue weighted by Gasteiger charge is 2.23. The SMILES string of the molecule is O=C(c1nncc2[nH]c3ccccc3c12)N1CCNCC1. The van der Waals surface area contributed by atoms with Gasteiger partial charge in [0.2, 0.25) is 0 Å². The first-order chi connectivity index (χ1) is 10.3. The molecule has 4 rings (SSSR count). The van der Waals surface area contributed by atoms with Crippen molar-refractivity contribution in [1.82, 2.24) is 25.4 Å². The molecular weight excluding hydrogens is 266 g/mol. The minimum absolute atomic E-state index is 0.0423. The van der Waals surface area contributed by atoms with E-state index in [4.69, 9.17) is 0 Å². The van der Waals surface area contributed by atoms with E-state index in [0.717, 1.165) is 34.9 Å². The lowest BCUT2D eigenvalue weighted by molar-refractivity contribution is 0.0731. The van der Waals surface area contributed by atoms with Crippen LogP contribution < -0.4 is 5.32 Å². The molecule has 1 aliphatic heterocycles. The largest absolute Gasteiger partial charge is 0.353 e. The molecule has 6 nitrogen and oxygen atoms in total. The highest BCUT2D eigenvalue weighted by Crippen LogP contribution is 2.27. The Kier molecular flexibility index (Phi) is 2.82. The van der Waals surface area contributed by atoms with Gasteiger partial charge in [0, 0.05) is 42.5 Å². The van der Waals surface area contributed by atoms with Gasteiger partial charge in [-0.15, -0.1) is 5.10 Å². The van der Waals surface area contributed by atoms with Crippen LogP contribution in [0.3, 0.4) is 0 Å². The summed E-state index contributed by atoms with van der Waals surface area (Å²) in [5, 5.41) is 13.2. The maximum absolute atomic E-state index is 12.7. The van der Waals surface area contributed by atoms with E-state index < -0.39 is 0 Å². The minimum atomic E-state index is -0.0423. The van der Waals surface area contributed by atoms with Gasteiger partial charge in [0.1, 0.15) is 0 Å². The summed E-state index contributed by atoms with van der Waals surface area (Å²) in [4.78, 5) is 17.9. The Morgan fingerprint density at radius 3 is 2.81 bits per heavy atom. The van der Waals surface area contributed by atoms with E-state index in [2.05, 4.69) is 20.5 Å². The Bertz CT molecular complexity index is 819. The van der Waals surface area contributed by atoms with Gasteiger partial charge in [0.05, 0.1) is 11.7 Å². The van der Waals surface area contributed by atoms with Crippen molar-refractivity contribution in [1.29, 1.82) is 0 Å². The fourth-order valence-electron chi connectivity index (χ4n) is 2.88. The van der Waals surface area contributed by atoms with E-state index >= 15 is 0 Å². The molecule has 0 spiro atoms. The quantitative estimate of drug-likeness (QED) is 0.702. The Morgan fingerprint density at radius 2 is 1.95 bits per heavy atom. The molecule has 1 fully saturated rings. The number of hydrogen-bond donors (Lipinski definition) is 2. The molecule has 3 aromatic rings. The smallest absolute Gasteiger partial charge is 0.275 e. The number of hydrogen-bond acceptors (Lipinski definition) is 4. The normalized spacial score (nSPS) is 15.7. The van der Waals surface area contributed by atoms with Crippen molar-refractivity contribution in [2.24, 2.45) is 0 Å². The topological polar surface area (TPSA) is 73.9 Å². The lowest BCUT2D eigenvalue weighted by Gasteiger charge is -2.27. The number of carbonyl (C=O) groups excluding carboxylic acids is 1. The van der Waals surface area contributed by atoms with Crippen molar-refractivity contribution in [3.8, 4) is 0 Å². The standard InChI is InChI=1S/C15H15N5O/c21-15(20-7-5-16-6-8-20)14-13-10-3-1-2-4-11(10)18-12(13)9-17-19-14/h1-4,9,16,18H,5-8H2. The van der Waals surface area contributed by atoms with Crippen LogP contribution in [0.25, 0.3) is 21.8 Å². The van der Waals surface area contributed by atoms with E-state index in [0.29, 0.717) is 18.8 Å². The van der Waals surface area contributed by atoms with Gasteiger partial charge in [-0.3, -0.25) is 4.79 Å². The molecule has 21 heavy (non-hydrogen) atoms. The van der Waals surface area contributed by atoms with Gasteiger partial charge < -0.3 is 15.2 Å². The average molecular weight is 281 g/mol. The molecule has 6 heteroatoms. The summed E-state index contributed by atoms with van der Waals surface area (Å²) < 4.78 is 0. The van der Waals surface area contributed by atoms with Crippen LogP contribution in [-0.4, -0.2) is 52.2 Å². The summed E-state index contributed by atoms with van der Waals surface area (Å²) in [7, 11) is 0. The molecule has 0 radical (unpaired) electrons. The van der Waals surface area contributed by atoms with Gasteiger partial charge >= 0.3 is 0 Å². The predicted molar refractivity (Wildman–Crippen MR) is 80.2 cm³/mol. The molecule has 0 aliphatic carbocycles. The third-order valence-corrected chi connectivity index (χ3v) is 3.92. The molecular formula is C15H15N5O. The molecule has 1 aromatic carbocycles. The number of fused-ring (bicyclic) bond motifs is 3. The second-order valence-electron chi connectivity index (χ2n) is 5.19. The van der Waals surface area contributed by atoms with Crippen LogP contribution in [0.4, 0.5) is 0 Å². The molecule has 2 aromatic heterocycles. The Labute approximate surface area is 121 Å². The maximum Gasteiger partial charge on any atom is 0.275 e. The van der Waals surface area contributed by atoms with Crippen molar-refractivity contribution >= 4 is 27.7 Å². The molecule has 1 aliphatic rings. The highest BCUT2D eigenvalue weighted by atomic mass is 16.2. The number of aromatic amines is 1. The number of amides is 1. The second-order valence-corrected chi connectivity index (χ2v) is 5.19. The average Bonchev–Trinajstić information content (AvgIpc) is 2.93. The molecule has 0 bridgehead atoms. The highest BCUT2D eigenvalue weighted by molar-refractivity contribution is 6.16. The number of aromatic nitrogens is 3. The fourth-order valence-corrected chi connectivity index (χ4v) is 2.88. The van der Waals surface area contributed by atoms with Gasteiger partial charge in [-0.25, -0.2) is 0 Å². The van der Waals surface area contributed by atoms with E-state index in [1.807, 2.05) is 29.2 Å². The van der Waals surface area contributed by atoms with Gasteiger partial charge in [-0.05, 0) is 6.07 Å². The zero-order chi connectivity index (χ0) is 14.2. The fraction of sp³-hybridized carbons (Fsp3) is 0.267. The van der Waals surface area contributed by atoms with Crippen LogP contribution in [0, 0.1) is 0 Å². The first-order valence-electron chi connectivity index (χ1n) is 7.07. The van der Waals surface area contributed by atoms with Crippen LogP contribution in [0.2, 0.25) is 0 Å². The summed E-state index contributed by atoms with van der Waals surface area (Å²) in [6.45, 7) is 3.06. The molecule has 0 unspecified atom stereocenters. The van der Waals surface area contributed by atoms with Crippen molar-refractivity contribution in [3.05, 3.63) is 36.2 Å². The van der Waals surface area contributed by atoms with Crippen molar-refractivity contribution in [2.45, 2.75) is 0 Å². The second kappa shape index (κ2) is 4.82. The van der Waals surface area contributed by atoms with E-state index in [1.165, 1.54) is 0 Å². The first-order valence-corrected chi connectivity index (χ1v) is 7.07. The van der Waals surface area contributed by atoms with Crippen molar-refractivity contribution in [2.75, 3.05) is 26.2 Å². The lowest BCUT2D eigenvalue weighted by atomic mass is 10.1. The van der Waals surface area contributed by atoms with Crippen molar-refractivity contribution < 1.29 is 4.79 Å². The molecule has 106 valence electrons. The molecule has 1 amide bonds. The van der Waals surface area contributed by atoms with E-state index in [1.54, 1.807) is 6.20 Å². The summed E-state index contributed by atoms with van der Waals surface area (Å²) in [6, 6.07) is 7.93. The number of rotatable bonds is 1. The Balaban J connectivity index is 1.89. The zero-order valence-corrected chi connectivity index (χ0v) is 11.5. The summed E-state index contributed by atoms with van der Waals surface area (Å²) >= 11 is 0. The van der Waals surface area contributed by atoms with E-state index in [-0.39, 0.29) is 5.91 Å². The number of benzene rings is 1. The molecule has 1 saturated heterocycles. The third-order valence-electron chi connectivity index (χ3n) is 3.92. The molecule has 0 saturated carbocycles. The van der Waals surface area contributed by atoms with Crippen LogP contribution >= 0.6 is 0 Å². The first kappa shape index (κ1) is 12.3. The van der Waals surface area contributed by atoms with Crippen LogP contribution in [0.1, 0.15) is 10.5 Å². The number of para-hydroxylation sites is 1. The summed E-state index contributed by atoms with van der Waals surface area (Å²) in [6.07, 6.45) is 1.67. The predicted octanol–water partition coefficient (Wildman–Crippen LogP) is 1.16. The minimum Gasteiger partial charge on any atom is -0.353 e. The Morgan fingerprint density at radius 1 is 1.14 bits per heavy atom. The monoisotopic (exact) mass is 281 g/mol. The summed E-state index contributed by atoms with van der Waals surface area (Å²) in [5.41, 5.74) is 2.29. The number of H-pyrrole nitrogens is 1. The third kappa shape index (κ3) is 1.95. The Hall–Kier alpha value is -2.47. The van der Waals surface area contributed by atoms with Gasteiger partial charge in [0.25, 0.3) is 5.91 Å². The summed E-state index contributed by atoms with van der Waals surface area (Å²) in [5.74, 6) is -0.0423. The van der Waals surface area contributed by atoms with Crippen LogP contribution in [0.15, 0.2) is 30.5 Å². The maximum atomic E-state index is 12.7. The van der Waals surface area contributed by atoms with Crippen LogP contribution in [0.5, 0.6) is 0 Å².